The van der Waals surface area contributed by atoms with Crippen LogP contribution in [0.4, 0.5) is 0 Å². The molecule has 0 fully saturated rings. The standard InChI is InChI=1S/C19H22N4O2/c1-3-7-15(8-4-1)24-19-11-10-16(25-19)13-20-14-18-22-21-17-9-5-2-6-12-23(17)18/h1,3-4,7-8,10-11,20H,2,5-6,9,12-14H2. The van der Waals surface area contributed by atoms with Gasteiger partial charge < -0.3 is 19.0 Å². The van der Waals surface area contributed by atoms with Gasteiger partial charge in [-0.25, -0.2) is 0 Å². The Morgan fingerprint density at radius 1 is 1.00 bits per heavy atom. The molecule has 0 unspecified atom stereocenters. The van der Waals surface area contributed by atoms with Crippen molar-refractivity contribution >= 4 is 0 Å². The smallest absolute Gasteiger partial charge is 0.290 e. The molecule has 0 saturated heterocycles. The van der Waals surface area contributed by atoms with Crippen LogP contribution in [0.1, 0.15) is 36.7 Å². The summed E-state index contributed by atoms with van der Waals surface area (Å²) >= 11 is 0. The Bertz CT molecular complexity index is 810. The van der Waals surface area contributed by atoms with Crippen molar-refractivity contribution in [3.05, 3.63) is 59.9 Å². The Kier molecular flexibility index (Phi) is 4.79. The van der Waals surface area contributed by atoms with Gasteiger partial charge in [-0.3, -0.25) is 0 Å². The van der Waals surface area contributed by atoms with Crippen LogP contribution in [0.5, 0.6) is 11.7 Å². The Hall–Kier alpha value is -2.60. The average Bonchev–Trinajstić information content (AvgIpc) is 3.16. The van der Waals surface area contributed by atoms with E-state index < -0.39 is 0 Å². The highest BCUT2D eigenvalue weighted by atomic mass is 16.6. The number of fused-ring (bicyclic) bond motifs is 1. The van der Waals surface area contributed by atoms with Crippen molar-refractivity contribution in [2.45, 2.75) is 45.3 Å². The maximum atomic E-state index is 5.71. The van der Waals surface area contributed by atoms with Gasteiger partial charge in [0.2, 0.25) is 0 Å². The lowest BCUT2D eigenvalue weighted by Crippen LogP contribution is -2.17. The van der Waals surface area contributed by atoms with Crippen LogP contribution in [0.15, 0.2) is 46.9 Å². The van der Waals surface area contributed by atoms with Gasteiger partial charge in [0, 0.05) is 19.0 Å². The molecule has 6 nitrogen and oxygen atoms in total. The van der Waals surface area contributed by atoms with E-state index in [0.29, 0.717) is 19.0 Å². The van der Waals surface area contributed by atoms with Crippen LogP contribution in [0.3, 0.4) is 0 Å². The summed E-state index contributed by atoms with van der Waals surface area (Å²) in [4.78, 5) is 0. The van der Waals surface area contributed by atoms with Crippen LogP contribution < -0.4 is 10.1 Å². The summed E-state index contributed by atoms with van der Waals surface area (Å²) in [5.74, 6) is 4.22. The lowest BCUT2D eigenvalue weighted by Gasteiger charge is -2.07. The van der Waals surface area contributed by atoms with Gasteiger partial charge in [0.15, 0.2) is 0 Å². The molecule has 1 aliphatic rings. The molecule has 4 rings (SSSR count). The lowest BCUT2D eigenvalue weighted by atomic mass is 10.2. The van der Waals surface area contributed by atoms with Crippen LogP contribution in [0, 0.1) is 0 Å². The predicted octanol–water partition coefficient (Wildman–Crippen LogP) is 3.68. The molecule has 1 aliphatic heterocycles. The zero-order valence-corrected chi connectivity index (χ0v) is 14.1. The number of ether oxygens (including phenoxy) is 1. The van der Waals surface area contributed by atoms with Gasteiger partial charge in [0.1, 0.15) is 23.2 Å². The molecule has 0 radical (unpaired) electrons. The highest BCUT2D eigenvalue weighted by Gasteiger charge is 2.14. The highest BCUT2D eigenvalue weighted by Crippen LogP contribution is 2.23. The molecule has 25 heavy (non-hydrogen) atoms. The van der Waals surface area contributed by atoms with E-state index in [0.717, 1.165) is 36.1 Å². The minimum Gasteiger partial charge on any atom is -0.429 e. The summed E-state index contributed by atoms with van der Waals surface area (Å²) in [7, 11) is 0. The first-order valence-electron chi connectivity index (χ1n) is 8.82. The molecule has 0 spiro atoms. The molecule has 6 heteroatoms. The normalized spacial score (nSPS) is 14.1. The largest absolute Gasteiger partial charge is 0.429 e. The number of rotatable bonds is 6. The molecule has 0 aliphatic carbocycles. The quantitative estimate of drug-likeness (QED) is 0.743. The second-order valence-corrected chi connectivity index (χ2v) is 6.23. The van der Waals surface area contributed by atoms with Crippen molar-refractivity contribution in [2.24, 2.45) is 0 Å². The van der Waals surface area contributed by atoms with Gasteiger partial charge in [-0.1, -0.05) is 24.6 Å². The monoisotopic (exact) mass is 338 g/mol. The van der Waals surface area contributed by atoms with Crippen LogP contribution in [-0.4, -0.2) is 14.8 Å². The number of para-hydroxylation sites is 1. The van der Waals surface area contributed by atoms with Gasteiger partial charge in [0.25, 0.3) is 5.95 Å². The number of nitrogens with one attached hydrogen (secondary N) is 1. The van der Waals surface area contributed by atoms with E-state index in [4.69, 9.17) is 9.15 Å². The lowest BCUT2D eigenvalue weighted by molar-refractivity contribution is 0.328. The molecule has 2 aromatic heterocycles. The second-order valence-electron chi connectivity index (χ2n) is 6.23. The Labute approximate surface area is 146 Å². The van der Waals surface area contributed by atoms with E-state index in [1.54, 1.807) is 0 Å². The summed E-state index contributed by atoms with van der Waals surface area (Å²) in [6, 6.07) is 13.4. The molecule has 1 aromatic carbocycles. The van der Waals surface area contributed by atoms with E-state index >= 15 is 0 Å². The number of hydrogen-bond acceptors (Lipinski definition) is 5. The molecular weight excluding hydrogens is 316 g/mol. The van der Waals surface area contributed by atoms with Crippen molar-refractivity contribution in [1.82, 2.24) is 20.1 Å². The fourth-order valence-electron chi connectivity index (χ4n) is 3.09. The van der Waals surface area contributed by atoms with E-state index in [-0.39, 0.29) is 0 Å². The number of benzene rings is 1. The molecule has 0 saturated carbocycles. The van der Waals surface area contributed by atoms with Crippen molar-refractivity contribution in [2.75, 3.05) is 0 Å². The van der Waals surface area contributed by atoms with Gasteiger partial charge in [-0.15, -0.1) is 10.2 Å². The number of aromatic nitrogens is 3. The van der Waals surface area contributed by atoms with Gasteiger partial charge in [0.05, 0.1) is 13.1 Å². The number of aryl methyl sites for hydroxylation is 1. The molecule has 130 valence electrons. The first-order valence-corrected chi connectivity index (χ1v) is 8.82. The van der Waals surface area contributed by atoms with E-state index in [2.05, 4.69) is 20.1 Å². The van der Waals surface area contributed by atoms with Crippen molar-refractivity contribution in [3.63, 3.8) is 0 Å². The summed E-state index contributed by atoms with van der Waals surface area (Å²) in [5.41, 5.74) is 0. The molecule has 3 heterocycles. The van der Waals surface area contributed by atoms with Crippen LogP contribution in [-0.2, 0) is 26.1 Å². The van der Waals surface area contributed by atoms with Crippen molar-refractivity contribution < 1.29 is 9.15 Å². The number of furan rings is 1. The Morgan fingerprint density at radius 3 is 2.84 bits per heavy atom. The topological polar surface area (TPSA) is 65.1 Å². The fourth-order valence-corrected chi connectivity index (χ4v) is 3.09. The Balaban J connectivity index is 1.31. The predicted molar refractivity (Wildman–Crippen MR) is 93.3 cm³/mol. The SMILES string of the molecule is c1ccc(Oc2ccc(CNCc3nnc4n3CCCCC4)o2)cc1. The average molecular weight is 338 g/mol. The van der Waals surface area contributed by atoms with Gasteiger partial charge >= 0.3 is 0 Å². The zero-order valence-electron chi connectivity index (χ0n) is 14.1. The van der Waals surface area contributed by atoms with Crippen LogP contribution in [0.2, 0.25) is 0 Å². The van der Waals surface area contributed by atoms with E-state index in [1.807, 2.05) is 42.5 Å². The van der Waals surface area contributed by atoms with Crippen LogP contribution >= 0.6 is 0 Å². The summed E-state index contributed by atoms with van der Waals surface area (Å²) in [6.45, 7) is 2.33. The first-order chi connectivity index (χ1) is 12.4. The highest BCUT2D eigenvalue weighted by molar-refractivity contribution is 5.26. The zero-order chi connectivity index (χ0) is 16.9. The number of hydrogen-bond donors (Lipinski definition) is 1. The summed E-state index contributed by atoms with van der Waals surface area (Å²) < 4.78 is 13.6. The van der Waals surface area contributed by atoms with Crippen LogP contribution in [0.25, 0.3) is 0 Å². The molecular formula is C19H22N4O2. The molecule has 1 N–H and O–H groups in total. The Morgan fingerprint density at radius 2 is 1.92 bits per heavy atom. The summed E-state index contributed by atoms with van der Waals surface area (Å²) in [5, 5.41) is 12.0. The third-order valence-electron chi connectivity index (χ3n) is 4.37. The fraction of sp³-hybridized carbons (Fsp3) is 0.368. The molecule has 3 aromatic rings. The van der Waals surface area contributed by atoms with Gasteiger partial charge in [-0.05, 0) is 31.0 Å². The number of nitrogens with zero attached hydrogens (tertiary/aromatic N) is 3. The maximum Gasteiger partial charge on any atom is 0.290 e. The minimum atomic E-state index is 0.499. The third kappa shape index (κ3) is 3.91. The van der Waals surface area contributed by atoms with Gasteiger partial charge in [-0.2, -0.15) is 0 Å². The molecule has 0 bridgehead atoms. The van der Waals surface area contributed by atoms with Crippen molar-refractivity contribution in [3.8, 4) is 11.7 Å². The summed E-state index contributed by atoms with van der Waals surface area (Å²) in [6.07, 6.45) is 4.72. The molecule has 0 atom stereocenters. The minimum absolute atomic E-state index is 0.499. The first kappa shape index (κ1) is 15.9. The van der Waals surface area contributed by atoms with E-state index in [9.17, 15) is 0 Å². The maximum absolute atomic E-state index is 5.71. The third-order valence-corrected chi connectivity index (χ3v) is 4.37. The second kappa shape index (κ2) is 7.53. The molecule has 0 amide bonds. The van der Waals surface area contributed by atoms with E-state index in [1.165, 1.54) is 19.3 Å². The van der Waals surface area contributed by atoms with Crippen molar-refractivity contribution in [1.29, 1.82) is 0 Å².